The Balaban J connectivity index is 1.71. The smallest absolute Gasteiger partial charge is 0.137 e. The molecule has 1 N–H and O–H groups in total. The zero-order valence-electron chi connectivity index (χ0n) is 17.9. The van der Waals surface area contributed by atoms with Crippen molar-refractivity contribution in [3.63, 3.8) is 0 Å². The van der Waals surface area contributed by atoms with E-state index in [4.69, 9.17) is 4.98 Å². The molecule has 0 spiro atoms. The summed E-state index contributed by atoms with van der Waals surface area (Å²) in [6.45, 7) is 10.5. The van der Waals surface area contributed by atoms with Crippen LogP contribution < -0.4 is 0 Å². The summed E-state index contributed by atoms with van der Waals surface area (Å²) in [5.74, 6) is 1.00. The maximum Gasteiger partial charge on any atom is 0.137 e. The standard InChI is InChI=1S/C24H24N6/c1-13(2)30-16(5)29-21-12-26-20(9-22(21)30)19-11-28-24-18(19)8-17(10-27-24)23-14(3)6-7-25-15(23)4/h6-13H,1-5H3,(H,27,28). The summed E-state index contributed by atoms with van der Waals surface area (Å²) in [7, 11) is 0. The summed E-state index contributed by atoms with van der Waals surface area (Å²) in [6.07, 6.45) is 7.61. The lowest BCUT2D eigenvalue weighted by atomic mass is 9.99. The highest BCUT2D eigenvalue weighted by Gasteiger charge is 2.16. The Morgan fingerprint density at radius 2 is 1.83 bits per heavy atom. The molecule has 6 heteroatoms. The second-order valence-corrected chi connectivity index (χ2v) is 8.09. The van der Waals surface area contributed by atoms with Gasteiger partial charge in [-0.3, -0.25) is 9.97 Å². The predicted molar refractivity (Wildman–Crippen MR) is 120 cm³/mol. The Bertz CT molecular complexity index is 1390. The fraction of sp³-hybridized carbons (Fsp3) is 0.250. The maximum atomic E-state index is 4.71. The molecule has 0 aliphatic heterocycles. The van der Waals surface area contributed by atoms with Gasteiger partial charge >= 0.3 is 0 Å². The van der Waals surface area contributed by atoms with E-state index in [0.717, 1.165) is 56.0 Å². The van der Waals surface area contributed by atoms with Gasteiger partial charge in [-0.05, 0) is 58.4 Å². The van der Waals surface area contributed by atoms with Crippen LogP contribution in [0.15, 0.2) is 43.0 Å². The minimum atomic E-state index is 0.331. The van der Waals surface area contributed by atoms with Crippen molar-refractivity contribution in [3.8, 4) is 22.4 Å². The topological polar surface area (TPSA) is 72.3 Å². The highest BCUT2D eigenvalue weighted by Crippen LogP contribution is 2.33. The summed E-state index contributed by atoms with van der Waals surface area (Å²) in [5, 5.41) is 1.05. The van der Waals surface area contributed by atoms with Gasteiger partial charge in [-0.25, -0.2) is 9.97 Å². The number of aromatic amines is 1. The van der Waals surface area contributed by atoms with E-state index in [-0.39, 0.29) is 0 Å². The average molecular weight is 396 g/mol. The number of imidazole rings is 1. The van der Waals surface area contributed by atoms with Gasteiger partial charge in [-0.15, -0.1) is 0 Å². The van der Waals surface area contributed by atoms with Crippen LogP contribution in [0.25, 0.3) is 44.5 Å². The number of fused-ring (bicyclic) bond motifs is 2. The van der Waals surface area contributed by atoms with Crippen molar-refractivity contribution in [2.75, 3.05) is 0 Å². The van der Waals surface area contributed by atoms with Crippen molar-refractivity contribution in [1.29, 1.82) is 0 Å². The molecule has 0 atom stereocenters. The maximum absolute atomic E-state index is 4.71. The number of rotatable bonds is 3. The van der Waals surface area contributed by atoms with Crippen LogP contribution in [0, 0.1) is 20.8 Å². The summed E-state index contributed by atoms with van der Waals surface area (Å²) < 4.78 is 2.25. The monoisotopic (exact) mass is 396 g/mol. The molecule has 0 radical (unpaired) electrons. The van der Waals surface area contributed by atoms with E-state index >= 15 is 0 Å². The molecule has 0 unspecified atom stereocenters. The van der Waals surface area contributed by atoms with Gasteiger partial charge < -0.3 is 9.55 Å². The average Bonchev–Trinajstić information content (AvgIpc) is 3.27. The number of pyridine rings is 3. The van der Waals surface area contributed by atoms with Crippen LogP contribution in [0.1, 0.15) is 37.0 Å². The minimum Gasteiger partial charge on any atom is -0.345 e. The molecular weight excluding hydrogens is 372 g/mol. The second-order valence-electron chi connectivity index (χ2n) is 8.09. The molecule has 0 aromatic carbocycles. The molecule has 0 saturated carbocycles. The predicted octanol–water partition coefficient (Wildman–Crippen LogP) is 5.54. The molecule has 5 aromatic rings. The number of H-pyrrole nitrogens is 1. The van der Waals surface area contributed by atoms with Crippen LogP contribution in [0.3, 0.4) is 0 Å². The van der Waals surface area contributed by atoms with Crippen molar-refractivity contribution in [1.82, 2.24) is 29.5 Å². The van der Waals surface area contributed by atoms with Crippen molar-refractivity contribution in [2.24, 2.45) is 0 Å². The zero-order chi connectivity index (χ0) is 21.0. The van der Waals surface area contributed by atoms with Crippen LogP contribution >= 0.6 is 0 Å². The van der Waals surface area contributed by atoms with E-state index < -0.39 is 0 Å². The Labute approximate surface area is 175 Å². The normalized spacial score (nSPS) is 11.8. The molecule has 5 aromatic heterocycles. The van der Waals surface area contributed by atoms with Gasteiger partial charge in [0, 0.05) is 52.4 Å². The lowest BCUT2D eigenvalue weighted by molar-refractivity contribution is 0.600. The van der Waals surface area contributed by atoms with E-state index in [1.54, 1.807) is 0 Å². The Morgan fingerprint density at radius 3 is 2.60 bits per heavy atom. The molecule has 0 aliphatic rings. The van der Waals surface area contributed by atoms with Crippen molar-refractivity contribution < 1.29 is 0 Å². The summed E-state index contributed by atoms with van der Waals surface area (Å²) in [4.78, 5) is 21.8. The van der Waals surface area contributed by atoms with Gasteiger partial charge in [0.1, 0.15) is 17.0 Å². The summed E-state index contributed by atoms with van der Waals surface area (Å²) in [6, 6.07) is 6.68. The number of aryl methyl sites for hydroxylation is 3. The summed E-state index contributed by atoms with van der Waals surface area (Å²) in [5.41, 5.74) is 9.22. The van der Waals surface area contributed by atoms with Crippen LogP contribution in [0.5, 0.6) is 0 Å². The van der Waals surface area contributed by atoms with Crippen molar-refractivity contribution >= 4 is 22.1 Å². The lowest BCUT2D eigenvalue weighted by Gasteiger charge is -2.11. The lowest BCUT2D eigenvalue weighted by Crippen LogP contribution is -2.02. The quantitative estimate of drug-likeness (QED) is 0.434. The zero-order valence-corrected chi connectivity index (χ0v) is 17.9. The molecule has 5 heterocycles. The fourth-order valence-electron chi connectivity index (χ4n) is 4.40. The second kappa shape index (κ2) is 6.76. The van der Waals surface area contributed by atoms with E-state index in [1.807, 2.05) is 44.7 Å². The third-order valence-electron chi connectivity index (χ3n) is 5.71. The first-order valence-corrected chi connectivity index (χ1v) is 10.2. The highest BCUT2D eigenvalue weighted by molar-refractivity contribution is 5.96. The number of nitrogens with one attached hydrogen (secondary N) is 1. The molecule has 0 aliphatic carbocycles. The number of hydrogen-bond acceptors (Lipinski definition) is 4. The molecule has 30 heavy (non-hydrogen) atoms. The third-order valence-corrected chi connectivity index (χ3v) is 5.71. The van der Waals surface area contributed by atoms with Crippen LogP contribution in [-0.2, 0) is 0 Å². The van der Waals surface area contributed by atoms with Gasteiger partial charge in [-0.1, -0.05) is 0 Å². The molecule has 0 bridgehead atoms. The molecule has 0 amide bonds. The Hall–Kier alpha value is -3.54. The van der Waals surface area contributed by atoms with Gasteiger partial charge in [0.05, 0.1) is 17.4 Å². The first kappa shape index (κ1) is 18.5. The first-order valence-electron chi connectivity index (χ1n) is 10.2. The number of hydrogen-bond donors (Lipinski definition) is 1. The SMILES string of the molecule is Cc1ccnc(C)c1-c1cnc2[nH]cc(-c3cc4c(cn3)nc(C)n4C(C)C)c2c1. The fourth-order valence-corrected chi connectivity index (χ4v) is 4.40. The van der Waals surface area contributed by atoms with Crippen molar-refractivity contribution in [2.45, 2.75) is 40.7 Å². The molecule has 5 rings (SSSR count). The van der Waals surface area contributed by atoms with Gasteiger partial charge in [0.25, 0.3) is 0 Å². The van der Waals surface area contributed by atoms with Crippen LogP contribution in [-0.4, -0.2) is 29.5 Å². The van der Waals surface area contributed by atoms with E-state index in [9.17, 15) is 0 Å². The Morgan fingerprint density at radius 1 is 1.00 bits per heavy atom. The minimum absolute atomic E-state index is 0.331. The summed E-state index contributed by atoms with van der Waals surface area (Å²) >= 11 is 0. The third kappa shape index (κ3) is 2.79. The molecule has 6 nitrogen and oxygen atoms in total. The van der Waals surface area contributed by atoms with E-state index in [0.29, 0.717) is 6.04 Å². The number of nitrogens with zero attached hydrogens (tertiary/aromatic N) is 5. The molecule has 0 fully saturated rings. The van der Waals surface area contributed by atoms with Crippen LogP contribution in [0.2, 0.25) is 0 Å². The molecule has 0 saturated heterocycles. The number of aromatic nitrogens is 6. The van der Waals surface area contributed by atoms with Gasteiger partial charge in [0.2, 0.25) is 0 Å². The molecular formula is C24H24N6. The van der Waals surface area contributed by atoms with Crippen molar-refractivity contribution in [3.05, 3.63) is 60.1 Å². The molecule has 150 valence electrons. The Kier molecular flexibility index (Phi) is 4.17. The highest BCUT2D eigenvalue weighted by atomic mass is 15.1. The van der Waals surface area contributed by atoms with E-state index in [1.165, 1.54) is 5.56 Å². The first-order chi connectivity index (χ1) is 14.4. The van der Waals surface area contributed by atoms with Crippen LogP contribution in [0.4, 0.5) is 0 Å². The largest absolute Gasteiger partial charge is 0.345 e. The van der Waals surface area contributed by atoms with E-state index in [2.05, 4.69) is 57.4 Å². The van der Waals surface area contributed by atoms with Gasteiger partial charge in [0.15, 0.2) is 0 Å². The van der Waals surface area contributed by atoms with Gasteiger partial charge in [-0.2, -0.15) is 0 Å².